The summed E-state index contributed by atoms with van der Waals surface area (Å²) in [6.07, 6.45) is 3.58. The van der Waals surface area contributed by atoms with Gasteiger partial charge in [-0.15, -0.1) is 0 Å². The van der Waals surface area contributed by atoms with Crippen LogP contribution in [0.5, 0.6) is 0 Å². The van der Waals surface area contributed by atoms with Crippen LogP contribution in [0.4, 0.5) is 10.1 Å². The van der Waals surface area contributed by atoms with Crippen molar-refractivity contribution in [2.75, 3.05) is 25.0 Å². The van der Waals surface area contributed by atoms with Crippen LogP contribution in [-0.4, -0.2) is 26.2 Å². The fraction of sp³-hybridized carbons (Fsp3) is 0.538. The second-order valence-corrected chi connectivity index (χ2v) is 5.51. The molecule has 0 saturated carbocycles. The summed E-state index contributed by atoms with van der Waals surface area (Å²) in [7, 11) is 1.94. The number of benzene rings is 1. The Morgan fingerprint density at radius 3 is 3.06 bits per heavy atom. The van der Waals surface area contributed by atoms with E-state index in [9.17, 15) is 4.39 Å². The highest BCUT2D eigenvalue weighted by Crippen LogP contribution is 2.23. The topological polar surface area (TPSA) is 15.3 Å². The van der Waals surface area contributed by atoms with Gasteiger partial charge in [0.25, 0.3) is 0 Å². The van der Waals surface area contributed by atoms with Crippen LogP contribution in [0.25, 0.3) is 0 Å². The largest absolute Gasteiger partial charge is 0.372 e. The molecule has 0 aromatic heterocycles. The molecule has 2 nitrogen and oxygen atoms in total. The molecule has 1 aliphatic rings. The molecular weight excluding hydrogens is 283 g/mol. The summed E-state index contributed by atoms with van der Waals surface area (Å²) >= 11 is 3.38. The Morgan fingerprint density at radius 2 is 2.35 bits per heavy atom. The summed E-state index contributed by atoms with van der Waals surface area (Å²) in [6.45, 7) is 2.00. The molecule has 1 saturated heterocycles. The van der Waals surface area contributed by atoms with Crippen molar-refractivity contribution >= 4 is 21.6 Å². The molecule has 1 heterocycles. The average molecular weight is 301 g/mol. The van der Waals surface area contributed by atoms with E-state index in [2.05, 4.69) is 21.2 Å². The molecular formula is C13H18BrFN2. The lowest BCUT2D eigenvalue weighted by molar-refractivity contribution is 0.553. The van der Waals surface area contributed by atoms with Gasteiger partial charge in [0.15, 0.2) is 0 Å². The smallest absolute Gasteiger partial charge is 0.146 e. The lowest BCUT2D eigenvalue weighted by Gasteiger charge is -2.22. The van der Waals surface area contributed by atoms with Gasteiger partial charge in [-0.25, -0.2) is 4.39 Å². The highest BCUT2D eigenvalue weighted by Gasteiger charge is 2.15. The molecule has 0 aliphatic carbocycles. The van der Waals surface area contributed by atoms with Crippen molar-refractivity contribution < 1.29 is 4.39 Å². The predicted molar refractivity (Wildman–Crippen MR) is 73.0 cm³/mol. The van der Waals surface area contributed by atoms with Gasteiger partial charge < -0.3 is 10.2 Å². The summed E-state index contributed by atoms with van der Waals surface area (Å²) < 4.78 is 14.6. The van der Waals surface area contributed by atoms with Crippen molar-refractivity contribution in [3.63, 3.8) is 0 Å². The van der Waals surface area contributed by atoms with Crippen LogP contribution >= 0.6 is 15.9 Å². The Balaban J connectivity index is 1.93. The molecule has 0 spiro atoms. The maximum Gasteiger partial charge on any atom is 0.146 e. The van der Waals surface area contributed by atoms with Crippen molar-refractivity contribution in [1.29, 1.82) is 0 Å². The Bertz CT molecular complexity index is 378. The van der Waals surface area contributed by atoms with E-state index in [1.807, 2.05) is 18.0 Å². The number of nitrogens with zero attached hydrogens (tertiary/aromatic N) is 1. The summed E-state index contributed by atoms with van der Waals surface area (Å²) in [6, 6.07) is 5.67. The van der Waals surface area contributed by atoms with Crippen molar-refractivity contribution in [3.05, 3.63) is 28.5 Å². The van der Waals surface area contributed by atoms with Gasteiger partial charge in [0, 0.05) is 24.1 Å². The van der Waals surface area contributed by atoms with E-state index in [1.165, 1.54) is 18.9 Å². The molecule has 1 N–H and O–H groups in total. The second kappa shape index (κ2) is 5.83. The quantitative estimate of drug-likeness (QED) is 0.919. The van der Waals surface area contributed by atoms with Crippen molar-refractivity contribution in [2.24, 2.45) is 0 Å². The highest BCUT2D eigenvalue weighted by molar-refractivity contribution is 9.10. The molecule has 2 rings (SSSR count). The Morgan fingerprint density at radius 1 is 1.53 bits per heavy atom. The first-order chi connectivity index (χ1) is 8.16. The molecule has 0 radical (unpaired) electrons. The van der Waals surface area contributed by atoms with Gasteiger partial charge in [-0.3, -0.25) is 0 Å². The van der Waals surface area contributed by atoms with Crippen LogP contribution in [0.3, 0.4) is 0 Å². The van der Waals surface area contributed by atoms with E-state index >= 15 is 0 Å². The minimum Gasteiger partial charge on any atom is -0.372 e. The molecule has 94 valence electrons. The Hall–Kier alpha value is -0.610. The zero-order valence-electron chi connectivity index (χ0n) is 10.0. The summed E-state index contributed by atoms with van der Waals surface area (Å²) in [5.41, 5.74) is 0.664. The molecule has 1 aromatic carbocycles. The van der Waals surface area contributed by atoms with Crippen molar-refractivity contribution in [3.8, 4) is 0 Å². The molecule has 4 heteroatoms. The number of anilines is 1. The van der Waals surface area contributed by atoms with E-state index < -0.39 is 0 Å². The van der Waals surface area contributed by atoms with Gasteiger partial charge >= 0.3 is 0 Å². The maximum absolute atomic E-state index is 13.6. The number of rotatable bonds is 4. The number of hydrogen-bond acceptors (Lipinski definition) is 2. The maximum atomic E-state index is 13.6. The van der Waals surface area contributed by atoms with Gasteiger partial charge in [-0.1, -0.05) is 15.9 Å². The van der Waals surface area contributed by atoms with Gasteiger partial charge in [0.05, 0.1) is 5.69 Å². The SMILES string of the molecule is CN(CCC1CCCN1)c1cc(Br)ccc1F. The number of nitrogens with one attached hydrogen (secondary N) is 1. The monoisotopic (exact) mass is 300 g/mol. The fourth-order valence-corrected chi connectivity index (χ4v) is 2.60. The first kappa shape index (κ1) is 12.8. The zero-order valence-corrected chi connectivity index (χ0v) is 11.6. The molecule has 1 aliphatic heterocycles. The molecule has 17 heavy (non-hydrogen) atoms. The molecule has 1 atom stereocenters. The number of hydrogen-bond donors (Lipinski definition) is 1. The van der Waals surface area contributed by atoms with Crippen LogP contribution < -0.4 is 10.2 Å². The fourth-order valence-electron chi connectivity index (χ4n) is 2.25. The lowest BCUT2D eigenvalue weighted by Crippen LogP contribution is -2.28. The highest BCUT2D eigenvalue weighted by atomic mass is 79.9. The lowest BCUT2D eigenvalue weighted by atomic mass is 10.1. The summed E-state index contributed by atoms with van der Waals surface area (Å²) in [5, 5.41) is 3.46. The first-order valence-electron chi connectivity index (χ1n) is 6.06. The van der Waals surface area contributed by atoms with Crippen LogP contribution in [0.1, 0.15) is 19.3 Å². The van der Waals surface area contributed by atoms with E-state index in [4.69, 9.17) is 0 Å². The van der Waals surface area contributed by atoms with Crippen LogP contribution in [-0.2, 0) is 0 Å². The second-order valence-electron chi connectivity index (χ2n) is 4.60. The van der Waals surface area contributed by atoms with Gasteiger partial charge in [0.1, 0.15) is 5.82 Å². The minimum absolute atomic E-state index is 0.157. The Kier molecular flexibility index (Phi) is 4.40. The van der Waals surface area contributed by atoms with E-state index in [1.54, 1.807) is 6.07 Å². The van der Waals surface area contributed by atoms with Crippen LogP contribution in [0.15, 0.2) is 22.7 Å². The van der Waals surface area contributed by atoms with Crippen LogP contribution in [0.2, 0.25) is 0 Å². The zero-order chi connectivity index (χ0) is 12.3. The molecule has 1 fully saturated rings. The van der Waals surface area contributed by atoms with Gasteiger partial charge in [-0.2, -0.15) is 0 Å². The molecule has 0 amide bonds. The van der Waals surface area contributed by atoms with Gasteiger partial charge in [0.2, 0.25) is 0 Å². The summed E-state index contributed by atoms with van der Waals surface area (Å²) in [5.74, 6) is -0.157. The van der Waals surface area contributed by atoms with E-state index in [0.29, 0.717) is 11.7 Å². The van der Waals surface area contributed by atoms with Gasteiger partial charge in [-0.05, 0) is 44.0 Å². The Labute approximate surface area is 110 Å². The molecule has 1 unspecified atom stereocenters. The third kappa shape index (κ3) is 3.42. The number of halogens is 2. The third-order valence-corrected chi connectivity index (χ3v) is 3.79. The normalized spacial score (nSPS) is 19.6. The van der Waals surface area contributed by atoms with Crippen LogP contribution in [0, 0.1) is 5.82 Å². The first-order valence-corrected chi connectivity index (χ1v) is 6.85. The van der Waals surface area contributed by atoms with Crippen molar-refractivity contribution in [2.45, 2.75) is 25.3 Å². The predicted octanol–water partition coefficient (Wildman–Crippen LogP) is 3.17. The van der Waals surface area contributed by atoms with E-state index in [0.717, 1.165) is 24.0 Å². The minimum atomic E-state index is -0.157. The summed E-state index contributed by atoms with van der Waals surface area (Å²) in [4.78, 5) is 1.99. The average Bonchev–Trinajstić information content (AvgIpc) is 2.82. The molecule has 1 aromatic rings. The molecule has 0 bridgehead atoms. The standard InChI is InChI=1S/C13H18BrFN2/c1-17(8-6-11-3-2-7-16-11)13-9-10(14)4-5-12(13)15/h4-5,9,11,16H,2-3,6-8H2,1H3. The van der Waals surface area contributed by atoms with Crippen molar-refractivity contribution in [1.82, 2.24) is 5.32 Å². The third-order valence-electron chi connectivity index (χ3n) is 3.29. The van der Waals surface area contributed by atoms with E-state index in [-0.39, 0.29) is 5.82 Å².